The summed E-state index contributed by atoms with van der Waals surface area (Å²) in [5.41, 5.74) is 7.40. The number of hydrogen-bond donors (Lipinski definition) is 0. The van der Waals surface area contributed by atoms with E-state index < -0.39 is 0 Å². The Morgan fingerprint density at radius 2 is 0.950 bits per heavy atom. The van der Waals surface area contributed by atoms with Crippen LogP contribution in [0.4, 0.5) is 0 Å². The molecule has 0 spiro atoms. The van der Waals surface area contributed by atoms with Gasteiger partial charge >= 0.3 is 0 Å². The smallest absolute Gasteiger partial charge is 0.117 e. The zero-order valence-corrected chi connectivity index (χ0v) is 25.5. The lowest BCUT2D eigenvalue weighted by atomic mass is 10.0. The standard InChI is InChI=1S/C36H40N2S2/c1-3-5-7-9-11-27-13-17-29(18-14-27)21-23-35-37-31-25-34-32(26-33(31)39-35)38-36(40-34)24-22-30-19-15-28(16-20-30)12-10-8-6-4-2/h13-26H,3-12H2,1-2H3/b23-21+,24-22+. The van der Waals surface area contributed by atoms with Gasteiger partial charge in [0.2, 0.25) is 0 Å². The summed E-state index contributed by atoms with van der Waals surface area (Å²) < 4.78 is 2.37. The number of fused-ring (bicyclic) bond motifs is 2. The minimum Gasteiger partial charge on any atom is -0.237 e. The molecule has 0 aliphatic carbocycles. The number of nitrogens with zero attached hydrogens (tertiary/aromatic N) is 2. The van der Waals surface area contributed by atoms with Gasteiger partial charge in [-0.15, -0.1) is 22.7 Å². The highest BCUT2D eigenvalue weighted by atomic mass is 32.1. The lowest BCUT2D eigenvalue weighted by molar-refractivity contribution is 0.667. The van der Waals surface area contributed by atoms with Crippen LogP contribution in [0.3, 0.4) is 0 Å². The third kappa shape index (κ3) is 7.99. The second-order valence-electron chi connectivity index (χ2n) is 10.7. The van der Waals surface area contributed by atoms with Gasteiger partial charge in [-0.25, -0.2) is 9.97 Å². The quantitative estimate of drug-likeness (QED) is 0.125. The van der Waals surface area contributed by atoms with Crippen molar-refractivity contribution in [2.75, 3.05) is 0 Å². The fourth-order valence-electron chi connectivity index (χ4n) is 4.97. The molecular formula is C36H40N2S2. The summed E-state index contributed by atoms with van der Waals surface area (Å²) in [4.78, 5) is 9.78. The first-order valence-corrected chi connectivity index (χ1v) is 16.6. The Morgan fingerprint density at radius 3 is 1.35 bits per heavy atom. The van der Waals surface area contributed by atoms with Crippen LogP contribution in [0.25, 0.3) is 44.7 Å². The molecule has 3 aromatic carbocycles. The van der Waals surface area contributed by atoms with Gasteiger partial charge in [0, 0.05) is 0 Å². The Balaban J connectivity index is 1.20. The molecule has 0 saturated heterocycles. The molecule has 0 aliphatic rings. The molecule has 40 heavy (non-hydrogen) atoms. The maximum absolute atomic E-state index is 4.89. The van der Waals surface area contributed by atoms with Crippen molar-refractivity contribution in [2.45, 2.75) is 78.1 Å². The van der Waals surface area contributed by atoms with Gasteiger partial charge < -0.3 is 0 Å². The third-order valence-electron chi connectivity index (χ3n) is 7.37. The highest BCUT2D eigenvalue weighted by Gasteiger charge is 2.08. The van der Waals surface area contributed by atoms with Gasteiger partial charge in [0.1, 0.15) is 10.0 Å². The number of thiazole rings is 2. The summed E-state index contributed by atoms with van der Waals surface area (Å²) in [6.07, 6.45) is 21.4. The predicted octanol–water partition coefficient (Wildman–Crippen LogP) is 11.5. The molecule has 0 aliphatic heterocycles. The summed E-state index contributed by atoms with van der Waals surface area (Å²) in [6.45, 7) is 4.52. The molecular weight excluding hydrogens is 525 g/mol. The van der Waals surface area contributed by atoms with Crippen LogP contribution >= 0.6 is 22.7 Å². The van der Waals surface area contributed by atoms with Crippen molar-refractivity contribution in [1.29, 1.82) is 0 Å². The van der Waals surface area contributed by atoms with Gasteiger partial charge in [0.15, 0.2) is 0 Å². The molecule has 2 aromatic heterocycles. The van der Waals surface area contributed by atoms with E-state index in [1.54, 1.807) is 22.7 Å². The summed E-state index contributed by atoms with van der Waals surface area (Å²) in [5, 5.41) is 2.07. The van der Waals surface area contributed by atoms with E-state index in [9.17, 15) is 0 Å². The molecule has 206 valence electrons. The average Bonchev–Trinajstić information content (AvgIpc) is 3.57. The van der Waals surface area contributed by atoms with Crippen LogP contribution < -0.4 is 0 Å². The number of rotatable bonds is 14. The molecule has 0 atom stereocenters. The highest BCUT2D eigenvalue weighted by Crippen LogP contribution is 2.32. The van der Waals surface area contributed by atoms with Gasteiger partial charge in [-0.1, -0.05) is 113 Å². The van der Waals surface area contributed by atoms with Crippen molar-refractivity contribution in [3.8, 4) is 0 Å². The second kappa shape index (κ2) is 14.5. The fourth-order valence-corrected chi connectivity index (χ4v) is 6.74. The normalized spacial score (nSPS) is 12.1. The Hall–Kier alpha value is -3.08. The van der Waals surface area contributed by atoms with Gasteiger partial charge in [0.25, 0.3) is 0 Å². The Labute approximate surface area is 247 Å². The van der Waals surface area contributed by atoms with Crippen LogP contribution in [0.5, 0.6) is 0 Å². The summed E-state index contributed by atoms with van der Waals surface area (Å²) >= 11 is 3.46. The minimum absolute atomic E-state index is 1.03. The van der Waals surface area contributed by atoms with E-state index in [4.69, 9.17) is 9.97 Å². The molecule has 0 amide bonds. The summed E-state index contributed by atoms with van der Waals surface area (Å²) in [7, 11) is 0. The molecule has 2 heterocycles. The lowest BCUT2D eigenvalue weighted by Crippen LogP contribution is -1.85. The van der Waals surface area contributed by atoms with Crippen LogP contribution in [0, 0.1) is 0 Å². The van der Waals surface area contributed by atoms with Crippen molar-refractivity contribution in [2.24, 2.45) is 0 Å². The zero-order chi connectivity index (χ0) is 27.6. The molecule has 0 radical (unpaired) electrons. The van der Waals surface area contributed by atoms with Gasteiger partial charge in [-0.3, -0.25) is 0 Å². The largest absolute Gasteiger partial charge is 0.237 e. The minimum atomic E-state index is 1.03. The Bertz CT molecular complexity index is 1390. The van der Waals surface area contributed by atoms with Crippen molar-refractivity contribution in [3.05, 3.63) is 92.9 Å². The maximum atomic E-state index is 4.89. The first-order valence-electron chi connectivity index (χ1n) is 15.0. The Morgan fingerprint density at radius 1 is 0.525 bits per heavy atom. The van der Waals surface area contributed by atoms with Crippen molar-refractivity contribution >= 4 is 67.4 Å². The number of benzene rings is 3. The van der Waals surface area contributed by atoms with Gasteiger partial charge in [-0.2, -0.15) is 0 Å². The SMILES string of the molecule is CCCCCCc1ccc(/C=C/c2nc3cc4sc(/C=C/c5ccc(CCCCCC)cc5)nc4cc3s2)cc1. The first-order chi connectivity index (χ1) is 19.7. The number of aromatic nitrogens is 2. The van der Waals surface area contributed by atoms with Gasteiger partial charge in [0.05, 0.1) is 20.4 Å². The fraction of sp³-hybridized carbons (Fsp3) is 0.333. The number of unbranched alkanes of at least 4 members (excludes halogenated alkanes) is 6. The second-order valence-corrected chi connectivity index (χ2v) is 12.8. The predicted molar refractivity (Wildman–Crippen MR) is 179 cm³/mol. The number of hydrogen-bond acceptors (Lipinski definition) is 4. The molecule has 0 unspecified atom stereocenters. The zero-order valence-electron chi connectivity index (χ0n) is 23.9. The molecule has 4 heteroatoms. The van der Waals surface area contributed by atoms with E-state index in [1.807, 2.05) is 0 Å². The van der Waals surface area contributed by atoms with Gasteiger partial charge in [-0.05, 0) is 72.2 Å². The third-order valence-corrected chi connectivity index (χ3v) is 9.33. The highest BCUT2D eigenvalue weighted by molar-refractivity contribution is 7.21. The molecule has 0 N–H and O–H groups in total. The summed E-state index contributed by atoms with van der Waals surface area (Å²) in [6, 6.07) is 22.3. The van der Waals surface area contributed by atoms with E-state index in [1.165, 1.54) is 95.9 Å². The van der Waals surface area contributed by atoms with Crippen molar-refractivity contribution in [3.63, 3.8) is 0 Å². The molecule has 0 fully saturated rings. The topological polar surface area (TPSA) is 25.8 Å². The maximum Gasteiger partial charge on any atom is 0.117 e. The van der Waals surface area contributed by atoms with E-state index in [-0.39, 0.29) is 0 Å². The van der Waals surface area contributed by atoms with Crippen LogP contribution in [0.2, 0.25) is 0 Å². The van der Waals surface area contributed by atoms with Crippen LogP contribution in [-0.2, 0) is 12.8 Å². The molecule has 2 nitrogen and oxygen atoms in total. The first kappa shape index (κ1) is 28.4. The van der Waals surface area contributed by atoms with E-state index in [0.717, 1.165) is 21.0 Å². The number of aryl methyl sites for hydroxylation is 2. The molecule has 5 rings (SSSR count). The molecule has 0 bridgehead atoms. The average molecular weight is 565 g/mol. The molecule has 5 aromatic rings. The van der Waals surface area contributed by atoms with Crippen molar-refractivity contribution < 1.29 is 0 Å². The van der Waals surface area contributed by atoms with E-state index in [0.29, 0.717) is 0 Å². The molecule has 0 saturated carbocycles. The van der Waals surface area contributed by atoms with Crippen LogP contribution in [-0.4, -0.2) is 9.97 Å². The monoisotopic (exact) mass is 564 g/mol. The lowest BCUT2D eigenvalue weighted by Gasteiger charge is -2.01. The van der Waals surface area contributed by atoms with Crippen molar-refractivity contribution in [1.82, 2.24) is 9.97 Å². The summed E-state index contributed by atoms with van der Waals surface area (Å²) in [5.74, 6) is 0. The Kier molecular flexibility index (Phi) is 10.3. The van der Waals surface area contributed by atoms with Crippen LogP contribution in [0.15, 0.2) is 60.7 Å². The van der Waals surface area contributed by atoms with Crippen LogP contribution in [0.1, 0.15) is 97.5 Å². The van der Waals surface area contributed by atoms with E-state index >= 15 is 0 Å². The van der Waals surface area contributed by atoms with E-state index in [2.05, 4.69) is 98.8 Å².